The van der Waals surface area contributed by atoms with E-state index < -0.39 is 6.10 Å². The fourth-order valence-electron chi connectivity index (χ4n) is 2.99. The maximum Gasteiger partial charge on any atom is 0.348 e. The number of methoxy groups -OCH3 is 1. The molecule has 5 nitrogen and oxygen atoms in total. The number of rotatable bonds is 7. The van der Waals surface area contributed by atoms with Gasteiger partial charge in [-0.1, -0.05) is 37.8 Å². The molecule has 0 saturated carbocycles. The zero-order chi connectivity index (χ0) is 21.9. The molecule has 3 atom stereocenters. The Morgan fingerprint density at radius 3 is 2.93 bits per heavy atom. The first kappa shape index (κ1) is 23.7. The topological polar surface area (TPSA) is 66.8 Å². The van der Waals surface area contributed by atoms with Crippen LogP contribution in [-0.4, -0.2) is 47.7 Å². The van der Waals surface area contributed by atoms with E-state index in [0.29, 0.717) is 24.3 Å². The fraction of sp³-hybridized carbons (Fsp3) is 0.500. The lowest BCUT2D eigenvalue weighted by atomic mass is 10.00. The Morgan fingerprint density at radius 2 is 2.20 bits per heavy atom. The van der Waals surface area contributed by atoms with Crippen LogP contribution in [-0.2, 0) is 9.53 Å². The molecule has 2 rings (SSSR count). The number of nitrogens with zero attached hydrogens (tertiary/aromatic N) is 1. The summed E-state index contributed by atoms with van der Waals surface area (Å²) in [7, 11) is 1.34. The molecule has 1 saturated heterocycles. The van der Waals surface area contributed by atoms with Crippen LogP contribution >= 0.6 is 11.3 Å². The van der Waals surface area contributed by atoms with Gasteiger partial charge >= 0.3 is 5.97 Å². The number of carbonyl (C=O) groups excluding carboxylic acids is 2. The average molecular weight is 428 g/mol. The second-order valence-corrected chi connectivity index (χ2v) is 8.33. The third-order valence-corrected chi connectivity index (χ3v) is 5.85. The summed E-state index contributed by atoms with van der Waals surface area (Å²) < 4.78 is 4.69. The van der Waals surface area contributed by atoms with Gasteiger partial charge in [0.15, 0.2) is 0 Å². The zero-order valence-electron chi connectivity index (χ0n) is 17.8. The normalized spacial score (nSPS) is 17.8. The first-order chi connectivity index (χ1) is 14.5. The fourth-order valence-corrected chi connectivity index (χ4v) is 3.79. The largest absolute Gasteiger partial charge is 0.465 e. The van der Waals surface area contributed by atoms with Gasteiger partial charge in [-0.25, -0.2) is 4.79 Å². The number of aliphatic hydroxyl groups excluding tert-OH is 1. The Hall–Kier alpha value is -2.54. The van der Waals surface area contributed by atoms with E-state index in [9.17, 15) is 14.7 Å². The molecule has 0 spiro atoms. The number of unbranched alkanes of at least 4 members (excludes halogenated alkanes) is 1. The van der Waals surface area contributed by atoms with Crippen LogP contribution in [0.1, 0.15) is 60.5 Å². The first-order valence-corrected chi connectivity index (χ1v) is 11.1. The highest BCUT2D eigenvalue weighted by Crippen LogP contribution is 2.21. The molecule has 0 bridgehead atoms. The third kappa shape index (κ3) is 7.06. The van der Waals surface area contributed by atoms with E-state index in [4.69, 9.17) is 4.74 Å². The molecule has 0 radical (unpaired) electrons. The molecule has 1 aromatic heterocycles. The number of ether oxygens (including phenoxy) is 1. The molecule has 1 aliphatic rings. The number of hydrogen-bond donors (Lipinski definition) is 1. The number of aliphatic hydroxyl groups is 1. The number of likely N-dealkylation sites (tertiary alicyclic amines) is 1. The minimum Gasteiger partial charge on any atom is -0.465 e. The molecule has 1 aliphatic heterocycles. The summed E-state index contributed by atoms with van der Waals surface area (Å²) in [5, 5.41) is 10.4. The lowest BCUT2D eigenvalue weighted by Gasteiger charge is -2.20. The minimum atomic E-state index is -0.590. The molecule has 1 amide bonds. The average Bonchev–Trinajstić information content (AvgIpc) is 3.36. The van der Waals surface area contributed by atoms with Gasteiger partial charge in [-0.05, 0) is 30.9 Å². The molecule has 0 aliphatic carbocycles. The Kier molecular flexibility index (Phi) is 9.67. The molecule has 2 heterocycles. The smallest absolute Gasteiger partial charge is 0.348 e. The summed E-state index contributed by atoms with van der Waals surface area (Å²) in [6, 6.07) is 3.39. The Labute approximate surface area is 183 Å². The van der Waals surface area contributed by atoms with Crippen molar-refractivity contribution in [2.24, 2.45) is 5.92 Å². The highest BCUT2D eigenvalue weighted by molar-refractivity contribution is 7.14. The molecular weight excluding hydrogens is 398 g/mol. The molecule has 0 aromatic carbocycles. The standard InChI is InChI=1S/C24H29NO4S/c1-4-5-6-7-9-18(2)21(26)14-11-19-12-16-23(27)25(19)17-8-10-20-13-15-22(30-20)24(28)29-3/h11,13-15,18-19,21,26H,4-5,9,12,16-17H2,1-3H3/t18-,19?,21+/m0/s1. The molecule has 30 heavy (non-hydrogen) atoms. The molecular formula is C24H29NO4S. The lowest BCUT2D eigenvalue weighted by molar-refractivity contribution is -0.127. The van der Waals surface area contributed by atoms with Crippen molar-refractivity contribution < 1.29 is 19.4 Å². The predicted octanol–water partition coefficient (Wildman–Crippen LogP) is 3.62. The van der Waals surface area contributed by atoms with Gasteiger partial charge in [0.2, 0.25) is 5.91 Å². The van der Waals surface area contributed by atoms with Crippen LogP contribution in [0.4, 0.5) is 0 Å². The molecule has 1 unspecified atom stereocenters. The van der Waals surface area contributed by atoms with Crippen LogP contribution < -0.4 is 0 Å². The summed E-state index contributed by atoms with van der Waals surface area (Å²) in [4.78, 5) is 26.7. The van der Waals surface area contributed by atoms with Crippen molar-refractivity contribution >= 4 is 23.2 Å². The maximum absolute atomic E-state index is 12.2. The minimum absolute atomic E-state index is 0.0405. The molecule has 160 valence electrons. The van der Waals surface area contributed by atoms with Crippen LogP contribution in [0, 0.1) is 29.6 Å². The summed E-state index contributed by atoms with van der Waals surface area (Å²) in [5.41, 5.74) is 0. The van der Waals surface area contributed by atoms with Crippen molar-refractivity contribution in [2.75, 3.05) is 13.7 Å². The van der Waals surface area contributed by atoms with Crippen LogP contribution in [0.3, 0.4) is 0 Å². The predicted molar refractivity (Wildman–Crippen MR) is 119 cm³/mol. The van der Waals surface area contributed by atoms with Crippen molar-refractivity contribution in [1.29, 1.82) is 0 Å². The van der Waals surface area contributed by atoms with Crippen LogP contribution in [0.25, 0.3) is 0 Å². The van der Waals surface area contributed by atoms with Crippen LogP contribution in [0.15, 0.2) is 24.3 Å². The lowest BCUT2D eigenvalue weighted by Crippen LogP contribution is -2.32. The monoisotopic (exact) mass is 427 g/mol. The van der Waals surface area contributed by atoms with Gasteiger partial charge in [-0.2, -0.15) is 0 Å². The maximum atomic E-state index is 12.2. The SMILES string of the molecule is CCCC#CC[C@H](C)[C@H](O)C=CC1CCC(=O)N1CC#Cc1ccc(C(=O)OC)s1. The van der Waals surface area contributed by atoms with Gasteiger partial charge in [0.25, 0.3) is 0 Å². The van der Waals surface area contributed by atoms with Gasteiger partial charge in [0.1, 0.15) is 4.88 Å². The quantitative estimate of drug-likeness (QED) is 0.410. The van der Waals surface area contributed by atoms with E-state index in [-0.39, 0.29) is 23.8 Å². The van der Waals surface area contributed by atoms with E-state index in [1.165, 1.54) is 18.4 Å². The number of thiophene rings is 1. The van der Waals surface area contributed by atoms with Crippen molar-refractivity contribution in [1.82, 2.24) is 4.90 Å². The van der Waals surface area contributed by atoms with Crippen LogP contribution in [0.2, 0.25) is 0 Å². The molecule has 1 fully saturated rings. The summed E-state index contributed by atoms with van der Waals surface area (Å²) in [6.07, 6.45) is 6.87. The van der Waals surface area contributed by atoms with Crippen molar-refractivity contribution in [3.8, 4) is 23.7 Å². The number of esters is 1. The number of hydrogen-bond acceptors (Lipinski definition) is 5. The van der Waals surface area contributed by atoms with Crippen molar-refractivity contribution in [3.05, 3.63) is 34.0 Å². The third-order valence-electron chi connectivity index (χ3n) is 4.87. The van der Waals surface area contributed by atoms with Gasteiger partial charge in [-0.3, -0.25) is 4.79 Å². The highest BCUT2D eigenvalue weighted by atomic mass is 32.1. The summed E-state index contributed by atoms with van der Waals surface area (Å²) in [5.74, 6) is 12.0. The molecule has 6 heteroatoms. The zero-order valence-corrected chi connectivity index (χ0v) is 18.6. The van der Waals surface area contributed by atoms with E-state index in [0.717, 1.165) is 24.1 Å². The van der Waals surface area contributed by atoms with E-state index in [2.05, 4.69) is 30.6 Å². The number of amides is 1. The van der Waals surface area contributed by atoms with Crippen molar-refractivity contribution in [2.45, 2.75) is 58.1 Å². The van der Waals surface area contributed by atoms with E-state index >= 15 is 0 Å². The summed E-state index contributed by atoms with van der Waals surface area (Å²) >= 11 is 1.27. The molecule has 1 aromatic rings. The first-order valence-electron chi connectivity index (χ1n) is 10.2. The molecule has 1 N–H and O–H groups in total. The Morgan fingerprint density at radius 1 is 1.40 bits per heavy atom. The van der Waals surface area contributed by atoms with E-state index in [1.807, 2.05) is 13.0 Å². The number of carbonyl (C=O) groups is 2. The van der Waals surface area contributed by atoms with Gasteiger partial charge < -0.3 is 14.7 Å². The van der Waals surface area contributed by atoms with Crippen LogP contribution in [0.5, 0.6) is 0 Å². The van der Waals surface area contributed by atoms with E-state index in [1.54, 1.807) is 23.1 Å². The Bertz CT molecular complexity index is 880. The second kappa shape index (κ2) is 12.2. The highest BCUT2D eigenvalue weighted by Gasteiger charge is 2.28. The van der Waals surface area contributed by atoms with Gasteiger partial charge in [-0.15, -0.1) is 23.2 Å². The Balaban J connectivity index is 1.93. The second-order valence-electron chi connectivity index (χ2n) is 7.25. The van der Waals surface area contributed by atoms with Gasteiger partial charge in [0, 0.05) is 19.3 Å². The summed E-state index contributed by atoms with van der Waals surface area (Å²) in [6.45, 7) is 4.38. The van der Waals surface area contributed by atoms with Gasteiger partial charge in [0.05, 0.1) is 30.7 Å². The van der Waals surface area contributed by atoms with Crippen molar-refractivity contribution in [3.63, 3.8) is 0 Å².